The van der Waals surface area contributed by atoms with E-state index in [0.29, 0.717) is 9.35 Å². The van der Waals surface area contributed by atoms with E-state index in [0.717, 1.165) is 6.26 Å². The van der Waals surface area contributed by atoms with Gasteiger partial charge >= 0.3 is 0 Å². The zero-order chi connectivity index (χ0) is 13.1. The summed E-state index contributed by atoms with van der Waals surface area (Å²) in [6.45, 7) is 0. The van der Waals surface area contributed by atoms with Crippen molar-refractivity contribution in [1.82, 2.24) is 0 Å². The van der Waals surface area contributed by atoms with Crippen LogP contribution in [0.5, 0.6) is 0 Å². The van der Waals surface area contributed by atoms with Gasteiger partial charge in [0.25, 0.3) is 0 Å². The van der Waals surface area contributed by atoms with Crippen LogP contribution in [0.3, 0.4) is 0 Å². The van der Waals surface area contributed by atoms with Crippen LogP contribution < -0.4 is 0 Å². The van der Waals surface area contributed by atoms with Gasteiger partial charge in [0.1, 0.15) is 9.84 Å². The van der Waals surface area contributed by atoms with Crippen LogP contribution in [0.25, 0.3) is 0 Å². The first-order valence-corrected chi connectivity index (χ1v) is 9.80. The standard InChI is InChI=1S/C9H11BrO4S3/c1-17(13,14)5-4-16(12)6-8(11)9-7(10)2-3-15-9/h2-3H,4-6H2,1H3. The summed E-state index contributed by atoms with van der Waals surface area (Å²) < 4.78 is 34.0. The second kappa shape index (κ2) is 6.21. The average Bonchev–Trinajstić information content (AvgIpc) is 2.60. The van der Waals surface area contributed by atoms with Crippen molar-refractivity contribution < 1.29 is 17.4 Å². The number of halogens is 1. The van der Waals surface area contributed by atoms with Gasteiger partial charge in [0.05, 0.1) is 16.4 Å². The molecule has 17 heavy (non-hydrogen) atoms. The molecule has 0 bridgehead atoms. The van der Waals surface area contributed by atoms with Gasteiger partial charge in [-0.1, -0.05) is 0 Å². The zero-order valence-corrected chi connectivity index (χ0v) is 13.0. The normalized spacial score (nSPS) is 13.5. The number of sulfone groups is 1. The first kappa shape index (κ1) is 15.0. The van der Waals surface area contributed by atoms with Gasteiger partial charge < -0.3 is 0 Å². The fourth-order valence-electron chi connectivity index (χ4n) is 1.02. The van der Waals surface area contributed by atoms with E-state index in [9.17, 15) is 17.4 Å². The lowest BCUT2D eigenvalue weighted by atomic mass is 10.3. The average molecular weight is 359 g/mol. The molecule has 0 aliphatic rings. The van der Waals surface area contributed by atoms with Crippen LogP contribution in [-0.4, -0.2) is 41.9 Å². The van der Waals surface area contributed by atoms with Crippen molar-refractivity contribution in [3.63, 3.8) is 0 Å². The minimum absolute atomic E-state index is 0.00751. The molecule has 0 amide bonds. The van der Waals surface area contributed by atoms with Gasteiger partial charge in [-0.25, -0.2) is 8.42 Å². The molecule has 8 heteroatoms. The highest BCUT2D eigenvalue weighted by atomic mass is 79.9. The van der Waals surface area contributed by atoms with E-state index in [1.54, 1.807) is 11.4 Å². The third-order valence-corrected chi connectivity index (χ3v) is 6.17. The Labute approximate surface area is 115 Å². The minimum atomic E-state index is -3.13. The van der Waals surface area contributed by atoms with Crippen LogP contribution in [0.15, 0.2) is 15.9 Å². The van der Waals surface area contributed by atoms with Crippen molar-refractivity contribution in [1.29, 1.82) is 0 Å². The molecule has 0 saturated carbocycles. The summed E-state index contributed by atoms with van der Waals surface area (Å²) in [7, 11) is -4.56. The number of thiophene rings is 1. The molecule has 1 heterocycles. The smallest absolute Gasteiger partial charge is 0.186 e. The van der Waals surface area contributed by atoms with E-state index in [1.165, 1.54) is 11.3 Å². The second-order valence-corrected chi connectivity index (χ2v) is 9.05. The highest BCUT2D eigenvalue weighted by Crippen LogP contribution is 2.23. The Bertz CT molecular complexity index is 532. The molecule has 1 rings (SSSR count). The molecule has 1 aromatic heterocycles. The molecule has 0 fully saturated rings. The number of carbonyl (C=O) groups is 1. The molecule has 0 spiro atoms. The van der Waals surface area contributed by atoms with Crippen LogP contribution in [0, 0.1) is 0 Å². The second-order valence-electron chi connectivity index (χ2n) is 3.44. The van der Waals surface area contributed by atoms with Crippen LogP contribution >= 0.6 is 27.3 Å². The quantitative estimate of drug-likeness (QED) is 0.722. The van der Waals surface area contributed by atoms with Crippen LogP contribution in [0.1, 0.15) is 9.67 Å². The van der Waals surface area contributed by atoms with Gasteiger partial charge in [0.2, 0.25) is 0 Å². The lowest BCUT2D eigenvalue weighted by Crippen LogP contribution is -2.18. The first-order chi connectivity index (χ1) is 7.79. The lowest BCUT2D eigenvalue weighted by Gasteiger charge is -2.00. The predicted molar refractivity (Wildman–Crippen MR) is 73.9 cm³/mol. The van der Waals surface area contributed by atoms with Gasteiger partial charge in [0.15, 0.2) is 5.78 Å². The van der Waals surface area contributed by atoms with Gasteiger partial charge in [-0.3, -0.25) is 9.00 Å². The fraction of sp³-hybridized carbons (Fsp3) is 0.444. The Hall–Kier alpha value is -0.0500. The fourth-order valence-corrected chi connectivity index (χ4v) is 5.18. The van der Waals surface area contributed by atoms with Crippen molar-refractivity contribution in [3.05, 3.63) is 20.8 Å². The predicted octanol–water partition coefficient (Wildman–Crippen LogP) is 1.49. The van der Waals surface area contributed by atoms with Gasteiger partial charge in [-0.2, -0.15) is 0 Å². The molecule has 0 saturated heterocycles. The van der Waals surface area contributed by atoms with E-state index in [-0.39, 0.29) is 23.0 Å². The molecule has 1 unspecified atom stereocenters. The maximum Gasteiger partial charge on any atom is 0.186 e. The van der Waals surface area contributed by atoms with Crippen LogP contribution in [0.2, 0.25) is 0 Å². The maximum atomic E-state index is 11.7. The number of rotatable bonds is 6. The number of carbonyl (C=O) groups excluding carboxylic acids is 1. The topological polar surface area (TPSA) is 68.3 Å². The van der Waals surface area contributed by atoms with Crippen molar-refractivity contribution in [2.45, 2.75) is 0 Å². The van der Waals surface area contributed by atoms with E-state index < -0.39 is 20.6 Å². The first-order valence-electron chi connectivity index (χ1n) is 4.58. The molecule has 4 nitrogen and oxygen atoms in total. The molecular formula is C9H11BrO4S3. The highest BCUT2D eigenvalue weighted by molar-refractivity contribution is 9.10. The van der Waals surface area contributed by atoms with E-state index >= 15 is 0 Å². The number of hydrogen-bond acceptors (Lipinski definition) is 5. The Morgan fingerprint density at radius 3 is 2.65 bits per heavy atom. The Morgan fingerprint density at radius 1 is 1.53 bits per heavy atom. The minimum Gasteiger partial charge on any atom is -0.292 e. The summed E-state index contributed by atoms with van der Waals surface area (Å²) in [4.78, 5) is 12.2. The van der Waals surface area contributed by atoms with Gasteiger partial charge in [-0.15, -0.1) is 11.3 Å². The Balaban J connectivity index is 2.53. The Kier molecular flexibility index (Phi) is 5.49. The van der Waals surface area contributed by atoms with Crippen molar-refractivity contribution in [3.8, 4) is 0 Å². The highest BCUT2D eigenvalue weighted by Gasteiger charge is 2.16. The van der Waals surface area contributed by atoms with Gasteiger partial charge in [0, 0.05) is 27.3 Å². The molecule has 0 aliphatic heterocycles. The van der Waals surface area contributed by atoms with Crippen LogP contribution in [0.4, 0.5) is 0 Å². The molecule has 0 N–H and O–H groups in total. The lowest BCUT2D eigenvalue weighted by molar-refractivity contribution is 0.102. The molecule has 0 radical (unpaired) electrons. The molecule has 0 aromatic carbocycles. The van der Waals surface area contributed by atoms with Gasteiger partial charge in [-0.05, 0) is 27.4 Å². The summed E-state index contributed by atoms with van der Waals surface area (Å²) in [5, 5.41) is 1.76. The third kappa shape index (κ3) is 5.41. The van der Waals surface area contributed by atoms with Crippen LogP contribution in [-0.2, 0) is 20.6 Å². The SMILES string of the molecule is CS(=O)(=O)CCS(=O)CC(=O)c1sccc1Br. The van der Waals surface area contributed by atoms with Crippen molar-refractivity contribution in [2.75, 3.05) is 23.5 Å². The summed E-state index contributed by atoms with van der Waals surface area (Å²) in [6, 6.07) is 1.75. The van der Waals surface area contributed by atoms with E-state index in [4.69, 9.17) is 0 Å². The number of hydrogen-bond donors (Lipinski definition) is 0. The zero-order valence-electron chi connectivity index (χ0n) is 9.01. The molecule has 96 valence electrons. The molecular weight excluding hydrogens is 348 g/mol. The summed E-state index contributed by atoms with van der Waals surface area (Å²) >= 11 is 4.50. The molecule has 1 aromatic rings. The number of ketones is 1. The summed E-state index contributed by atoms with van der Waals surface area (Å²) in [6.07, 6.45) is 1.09. The summed E-state index contributed by atoms with van der Waals surface area (Å²) in [5.74, 6) is -0.500. The molecule has 1 atom stereocenters. The van der Waals surface area contributed by atoms with E-state index in [1.807, 2.05) is 0 Å². The molecule has 0 aliphatic carbocycles. The van der Waals surface area contributed by atoms with E-state index in [2.05, 4.69) is 15.9 Å². The number of Topliss-reactive ketones (excluding diaryl/α,β-unsaturated/α-hetero) is 1. The summed E-state index contributed by atoms with van der Waals surface area (Å²) in [5.41, 5.74) is 0. The van der Waals surface area contributed by atoms with Crippen molar-refractivity contribution >= 4 is 53.7 Å². The van der Waals surface area contributed by atoms with Crippen molar-refractivity contribution in [2.24, 2.45) is 0 Å². The largest absolute Gasteiger partial charge is 0.292 e. The monoisotopic (exact) mass is 358 g/mol. The maximum absolute atomic E-state index is 11.7. The third-order valence-electron chi connectivity index (χ3n) is 1.84. The Morgan fingerprint density at radius 2 is 2.18 bits per heavy atom.